The van der Waals surface area contributed by atoms with E-state index in [0.717, 1.165) is 124 Å². The molecule has 0 unspecified atom stereocenters. The lowest BCUT2D eigenvalue weighted by atomic mass is 10.1. The first kappa shape index (κ1) is 85.4. The number of aromatic nitrogens is 19. The van der Waals surface area contributed by atoms with Crippen LogP contribution in [0.2, 0.25) is 0 Å². The van der Waals surface area contributed by atoms with Gasteiger partial charge in [-0.3, -0.25) is 15.0 Å². The molecule has 32 nitrogen and oxygen atoms in total. The minimum atomic E-state index is -0.593. The normalized spacial score (nSPS) is 10.5. The largest absolute Gasteiger partial charge is 0.496 e. The topological polar surface area (TPSA) is 388 Å². The minimum absolute atomic E-state index is 0.242. The molecule has 0 amide bonds. The Balaban J connectivity index is 0.000000128. The number of hydrogen-bond acceptors (Lipinski definition) is 32. The molecule has 18 rings (SSSR count). The van der Waals surface area contributed by atoms with Gasteiger partial charge in [0.15, 0.2) is 0 Å². The smallest absolute Gasteiger partial charge is 0.259 e. The maximum atomic E-state index is 13.1. The third kappa shape index (κ3) is 22.3. The van der Waals surface area contributed by atoms with Gasteiger partial charge in [-0.05, 0) is 184 Å². The van der Waals surface area contributed by atoms with Gasteiger partial charge >= 0.3 is 0 Å². The number of ether oxygens (including phenoxy) is 7. The van der Waals surface area contributed by atoms with E-state index < -0.39 is 5.95 Å². The molecular formula is C91H80FN19O13. The van der Waals surface area contributed by atoms with Crippen molar-refractivity contribution in [2.75, 3.05) is 49.3 Å². The Morgan fingerprint density at radius 2 is 0.645 bits per heavy atom. The summed E-state index contributed by atoms with van der Waals surface area (Å²) in [6.07, 6.45) is 17.0. The Morgan fingerprint density at radius 1 is 0.298 bits per heavy atom. The molecule has 0 aliphatic rings. The van der Waals surface area contributed by atoms with Crippen molar-refractivity contribution in [2.24, 2.45) is 0 Å². The highest BCUT2D eigenvalue weighted by molar-refractivity contribution is 5.67. The molecule has 0 bridgehead atoms. The molecule has 0 aliphatic heterocycles. The molecule has 0 radical (unpaired) electrons. The van der Waals surface area contributed by atoms with Crippen LogP contribution in [0.3, 0.4) is 0 Å². The summed E-state index contributed by atoms with van der Waals surface area (Å²) in [6.45, 7) is 12.5. The van der Waals surface area contributed by atoms with E-state index in [1.54, 1.807) is 123 Å². The maximum absolute atomic E-state index is 13.1. The predicted molar refractivity (Wildman–Crippen MR) is 454 cm³/mol. The molecule has 18 aromatic rings. The SMILES string of the molecule is CCOc1cccc(-c2nc(-c3ccncc3)no2)c1.COc1cc(-c2nc(-c3ccc(C)c(OC)c3)no2)ccn1.COc1cc(-c2nc(-c3ccncc3)no2)ccc1C.COc1cc(-c2noc(-c3ccnc(F)c3)n2)ccc1C.COc1cc(-c2noc(-c3ccnnc3)n2)ccc1C.COc1cc(-c2noc(Cc3ccncc3)n2)ccc1C. The van der Waals surface area contributed by atoms with Gasteiger partial charge in [-0.15, -0.1) is 0 Å². The van der Waals surface area contributed by atoms with Crippen molar-refractivity contribution in [1.82, 2.24) is 96.0 Å². The molecule has 624 valence electrons. The summed E-state index contributed by atoms with van der Waals surface area (Å²) < 4.78 is 81.8. The molecule has 6 aromatic carbocycles. The van der Waals surface area contributed by atoms with Crippen LogP contribution in [-0.4, -0.2) is 145 Å². The van der Waals surface area contributed by atoms with Gasteiger partial charge in [-0.2, -0.15) is 44.5 Å². The van der Waals surface area contributed by atoms with Crippen LogP contribution in [0.1, 0.15) is 46.2 Å². The van der Waals surface area contributed by atoms with Crippen molar-refractivity contribution in [2.45, 2.75) is 48.0 Å². The van der Waals surface area contributed by atoms with Gasteiger partial charge in [0.1, 0.15) is 34.5 Å². The fourth-order valence-corrected chi connectivity index (χ4v) is 11.7. The number of methoxy groups -OCH3 is 6. The molecular weight excluding hydrogens is 1590 g/mol. The summed E-state index contributed by atoms with van der Waals surface area (Å²) in [5.41, 5.74) is 15.0. The Kier molecular flexibility index (Phi) is 28.8. The average Bonchev–Trinajstić information content (AvgIpc) is 1.72. The molecule has 0 atom stereocenters. The van der Waals surface area contributed by atoms with E-state index in [4.69, 9.17) is 60.3 Å². The van der Waals surface area contributed by atoms with Gasteiger partial charge in [0.05, 0.1) is 73.6 Å². The van der Waals surface area contributed by atoms with Crippen molar-refractivity contribution in [1.29, 1.82) is 0 Å². The van der Waals surface area contributed by atoms with Crippen molar-refractivity contribution in [3.05, 3.63) is 289 Å². The minimum Gasteiger partial charge on any atom is -0.496 e. The third-order valence-electron chi connectivity index (χ3n) is 18.3. The van der Waals surface area contributed by atoms with Crippen LogP contribution in [-0.2, 0) is 6.42 Å². The Morgan fingerprint density at radius 3 is 1.05 bits per heavy atom. The highest BCUT2D eigenvalue weighted by Gasteiger charge is 2.20. The number of hydrogen-bond donors (Lipinski definition) is 0. The standard InChI is InChI=1S/C16H15N3O3.C16H15N3O2.C15H12FN3O2.2C15H13N3O2.C14H12N4O2/c1-10-4-5-11(8-13(10)20-2)15-18-16(22-19-15)12-6-7-17-14(9-12)21-3;1-11-3-4-13(10-14(11)20-2)16-18-15(21-19-16)9-12-5-7-17-8-6-12;1-9-3-4-10(7-12(9)20-2)14-18-15(21-19-14)11-5-6-17-13(16)8-11;1-10-3-4-12(9-13(10)19-2)15-17-14(18-20-15)11-5-7-16-8-6-11;1-2-19-13-5-3-4-12(10-13)15-17-14(18-20-15)11-6-8-16-9-7-11;1-9-3-4-10(7-12(9)19-2)13-17-14(20-18-13)11-5-6-15-16-8-11/h4-9H,1-3H3;3-8,10H,9H2,1-2H3;3-8H,1-2H3;3-9H,1-2H3;3-10H,2H2,1H3;3-8H,1-2H3. The fraction of sp³-hybridized carbons (Fsp3) is 0.154. The lowest BCUT2D eigenvalue weighted by molar-refractivity contribution is 0.340. The van der Waals surface area contributed by atoms with Gasteiger partial charge in [0, 0.05) is 117 Å². The highest BCUT2D eigenvalue weighted by atomic mass is 19.1. The van der Waals surface area contributed by atoms with E-state index in [1.165, 1.54) is 12.3 Å². The molecule has 0 aliphatic carbocycles. The summed E-state index contributed by atoms with van der Waals surface area (Å²) in [5, 5.41) is 31.4. The average molecular weight is 1670 g/mol. The first-order valence-electron chi connectivity index (χ1n) is 38.1. The zero-order valence-corrected chi connectivity index (χ0v) is 69.2. The Hall–Kier alpha value is -16.5. The predicted octanol–water partition coefficient (Wildman–Crippen LogP) is 18.2. The number of halogens is 1. The van der Waals surface area contributed by atoms with Gasteiger partial charge in [0.2, 0.25) is 52.7 Å². The summed E-state index contributed by atoms with van der Waals surface area (Å²) in [7, 11) is 9.73. The Labute approximate surface area is 709 Å². The van der Waals surface area contributed by atoms with Gasteiger partial charge in [-0.25, -0.2) is 9.97 Å². The summed E-state index contributed by atoms with van der Waals surface area (Å²) in [4.78, 5) is 45.7. The Bertz CT molecular complexity index is 6350. The first-order valence-corrected chi connectivity index (χ1v) is 38.1. The zero-order valence-electron chi connectivity index (χ0n) is 69.2. The van der Waals surface area contributed by atoms with E-state index in [9.17, 15) is 4.39 Å². The summed E-state index contributed by atoms with van der Waals surface area (Å²) >= 11 is 0. The van der Waals surface area contributed by atoms with Crippen molar-refractivity contribution in [3.63, 3.8) is 0 Å². The van der Waals surface area contributed by atoms with Gasteiger partial charge in [0.25, 0.3) is 29.5 Å². The van der Waals surface area contributed by atoms with Crippen molar-refractivity contribution in [3.8, 4) is 166 Å². The first-order chi connectivity index (χ1) is 60.5. The van der Waals surface area contributed by atoms with Crippen molar-refractivity contribution >= 4 is 0 Å². The molecule has 0 saturated heterocycles. The molecule has 0 spiro atoms. The molecule has 124 heavy (non-hydrogen) atoms. The second-order valence-corrected chi connectivity index (χ2v) is 26.6. The van der Waals surface area contributed by atoms with Crippen LogP contribution in [0, 0.1) is 40.6 Å². The number of pyridine rings is 5. The lowest BCUT2D eigenvalue weighted by Gasteiger charge is -2.04. The van der Waals surface area contributed by atoms with Gasteiger partial charge in [-0.1, -0.05) is 91.6 Å². The monoisotopic (exact) mass is 1670 g/mol. The summed E-state index contributed by atoms with van der Waals surface area (Å²) in [6, 6.07) is 55.7. The van der Waals surface area contributed by atoms with E-state index >= 15 is 0 Å². The number of benzene rings is 6. The fourth-order valence-electron chi connectivity index (χ4n) is 11.7. The number of nitrogens with zero attached hydrogens (tertiary/aromatic N) is 19. The van der Waals surface area contributed by atoms with E-state index in [2.05, 4.69) is 96.0 Å². The lowest BCUT2D eigenvalue weighted by Crippen LogP contribution is -1.91. The molecule has 12 aromatic heterocycles. The third-order valence-corrected chi connectivity index (χ3v) is 18.3. The maximum Gasteiger partial charge on any atom is 0.259 e. The van der Waals surface area contributed by atoms with E-state index in [1.807, 2.05) is 193 Å². The molecule has 33 heteroatoms. The molecule has 0 N–H and O–H groups in total. The van der Waals surface area contributed by atoms with Crippen LogP contribution in [0.15, 0.2) is 271 Å². The molecule has 0 fully saturated rings. The number of aryl methyl sites for hydroxylation is 5. The van der Waals surface area contributed by atoms with E-state index in [-0.39, 0.29) is 5.89 Å². The molecule has 12 heterocycles. The van der Waals surface area contributed by atoms with Crippen LogP contribution in [0.4, 0.5) is 4.39 Å². The highest BCUT2D eigenvalue weighted by Crippen LogP contribution is 2.34. The quantitative estimate of drug-likeness (QED) is 0.0603. The zero-order chi connectivity index (χ0) is 86.7. The van der Waals surface area contributed by atoms with Crippen molar-refractivity contribution < 1.29 is 64.7 Å². The second-order valence-electron chi connectivity index (χ2n) is 26.6. The second kappa shape index (κ2) is 41.8. The van der Waals surface area contributed by atoms with E-state index in [0.29, 0.717) is 88.9 Å². The van der Waals surface area contributed by atoms with Crippen LogP contribution >= 0.6 is 0 Å². The summed E-state index contributed by atoms with van der Waals surface area (Å²) in [5.74, 6) is 10.3. The van der Waals surface area contributed by atoms with Crippen LogP contribution in [0.25, 0.3) is 126 Å². The van der Waals surface area contributed by atoms with Crippen LogP contribution in [0.5, 0.6) is 40.4 Å². The van der Waals surface area contributed by atoms with Crippen LogP contribution < -0.4 is 33.2 Å². The molecule has 0 saturated carbocycles. The van der Waals surface area contributed by atoms with Gasteiger partial charge < -0.3 is 60.3 Å². The number of rotatable bonds is 21.